The standard InChI is InChI=1S/C25H25N3O7S/c1-17(2)35-25(31)22-12-11-19(16-27-22)24(30)28-36(32,33)21-10-6-7-18(15-21)23(29)26-13-14-34-20-8-4-3-5-9-20/h3-12,15-17H,13-14H2,1-2H3,(H,26,29)(H,28,30). The van der Waals surface area contributed by atoms with Gasteiger partial charge in [-0.2, -0.15) is 0 Å². The maximum atomic E-state index is 12.7. The van der Waals surface area contributed by atoms with E-state index in [0.717, 1.165) is 12.3 Å². The van der Waals surface area contributed by atoms with E-state index in [1.165, 1.54) is 30.3 Å². The van der Waals surface area contributed by atoms with Crippen LogP contribution in [0.25, 0.3) is 0 Å². The molecule has 188 valence electrons. The molecule has 0 saturated heterocycles. The van der Waals surface area contributed by atoms with Crippen molar-refractivity contribution in [2.45, 2.75) is 24.8 Å². The van der Waals surface area contributed by atoms with Crippen LogP contribution in [0.2, 0.25) is 0 Å². The van der Waals surface area contributed by atoms with Crippen LogP contribution in [0.3, 0.4) is 0 Å². The Morgan fingerprint density at radius 3 is 2.33 bits per heavy atom. The Balaban J connectivity index is 1.60. The highest BCUT2D eigenvalue weighted by Gasteiger charge is 2.21. The molecule has 0 aliphatic rings. The van der Waals surface area contributed by atoms with Gasteiger partial charge in [0.25, 0.3) is 21.8 Å². The van der Waals surface area contributed by atoms with Gasteiger partial charge in [0.05, 0.1) is 23.1 Å². The highest BCUT2D eigenvalue weighted by Crippen LogP contribution is 2.13. The van der Waals surface area contributed by atoms with Crippen molar-refractivity contribution >= 4 is 27.8 Å². The number of hydrogen-bond donors (Lipinski definition) is 2. The molecule has 2 N–H and O–H groups in total. The summed E-state index contributed by atoms with van der Waals surface area (Å²) in [6.07, 6.45) is 0.733. The van der Waals surface area contributed by atoms with E-state index in [0.29, 0.717) is 5.75 Å². The molecule has 0 aliphatic heterocycles. The maximum Gasteiger partial charge on any atom is 0.357 e. The van der Waals surface area contributed by atoms with Gasteiger partial charge in [0.2, 0.25) is 0 Å². The molecular formula is C25H25N3O7S. The fourth-order valence-corrected chi connectivity index (χ4v) is 3.94. The third-order valence-corrected chi connectivity index (χ3v) is 5.94. The molecule has 10 nitrogen and oxygen atoms in total. The monoisotopic (exact) mass is 511 g/mol. The number of pyridine rings is 1. The molecule has 2 amide bonds. The van der Waals surface area contributed by atoms with Crippen LogP contribution in [0.15, 0.2) is 77.8 Å². The van der Waals surface area contributed by atoms with Crippen LogP contribution in [0.4, 0.5) is 0 Å². The average molecular weight is 512 g/mol. The van der Waals surface area contributed by atoms with Crippen molar-refractivity contribution in [1.29, 1.82) is 0 Å². The van der Waals surface area contributed by atoms with Crippen LogP contribution in [0, 0.1) is 0 Å². The highest BCUT2D eigenvalue weighted by atomic mass is 32.2. The Morgan fingerprint density at radius 2 is 1.67 bits per heavy atom. The minimum absolute atomic E-state index is 0.0176. The average Bonchev–Trinajstić information content (AvgIpc) is 2.86. The molecule has 0 aliphatic carbocycles. The number of amides is 2. The SMILES string of the molecule is CC(C)OC(=O)c1ccc(C(=O)NS(=O)(=O)c2cccc(C(=O)NCCOc3ccccc3)c2)cn1. The van der Waals surface area contributed by atoms with Gasteiger partial charge in [-0.3, -0.25) is 9.59 Å². The lowest BCUT2D eigenvalue weighted by molar-refractivity contribution is 0.0370. The predicted molar refractivity (Wildman–Crippen MR) is 130 cm³/mol. The minimum Gasteiger partial charge on any atom is -0.492 e. The number of aromatic nitrogens is 1. The van der Waals surface area contributed by atoms with Crippen LogP contribution >= 0.6 is 0 Å². The number of rotatable bonds is 10. The summed E-state index contributed by atoms with van der Waals surface area (Å²) in [5.74, 6) is -1.44. The molecule has 0 unspecified atom stereocenters. The van der Waals surface area contributed by atoms with Crippen molar-refractivity contribution in [3.05, 3.63) is 89.7 Å². The maximum absolute atomic E-state index is 12.7. The zero-order valence-corrected chi connectivity index (χ0v) is 20.4. The van der Waals surface area contributed by atoms with Crippen LogP contribution < -0.4 is 14.8 Å². The van der Waals surface area contributed by atoms with Crippen molar-refractivity contribution in [3.8, 4) is 5.75 Å². The third-order valence-electron chi connectivity index (χ3n) is 4.61. The number of sulfonamides is 1. The van der Waals surface area contributed by atoms with Gasteiger partial charge in [0.15, 0.2) is 0 Å². The Morgan fingerprint density at radius 1 is 0.917 bits per heavy atom. The van der Waals surface area contributed by atoms with Gasteiger partial charge in [-0.25, -0.2) is 22.9 Å². The highest BCUT2D eigenvalue weighted by molar-refractivity contribution is 7.90. The van der Waals surface area contributed by atoms with Gasteiger partial charge >= 0.3 is 5.97 Å². The largest absolute Gasteiger partial charge is 0.492 e. The first-order valence-corrected chi connectivity index (χ1v) is 12.4. The quantitative estimate of drug-likeness (QED) is 0.313. The normalized spacial score (nSPS) is 11.0. The molecular weight excluding hydrogens is 486 g/mol. The molecule has 1 aromatic heterocycles. The van der Waals surface area contributed by atoms with Crippen molar-refractivity contribution < 1.29 is 32.3 Å². The minimum atomic E-state index is -4.29. The lowest BCUT2D eigenvalue weighted by Crippen LogP contribution is -2.31. The summed E-state index contributed by atoms with van der Waals surface area (Å²) in [6, 6.07) is 16.9. The number of nitrogens with zero attached hydrogens (tertiary/aromatic N) is 1. The van der Waals surface area contributed by atoms with E-state index < -0.39 is 27.8 Å². The molecule has 0 atom stereocenters. The molecule has 0 spiro atoms. The number of ether oxygens (including phenoxy) is 2. The van der Waals surface area contributed by atoms with E-state index in [1.807, 2.05) is 22.9 Å². The Hall–Kier alpha value is -4.25. The molecule has 0 fully saturated rings. The second kappa shape index (κ2) is 11.9. The fraction of sp³-hybridized carbons (Fsp3) is 0.200. The smallest absolute Gasteiger partial charge is 0.357 e. The number of hydrogen-bond acceptors (Lipinski definition) is 8. The van der Waals surface area contributed by atoms with E-state index >= 15 is 0 Å². The second-order valence-corrected chi connectivity index (χ2v) is 9.45. The Kier molecular flexibility index (Phi) is 8.74. The van der Waals surface area contributed by atoms with Gasteiger partial charge in [0, 0.05) is 11.8 Å². The summed E-state index contributed by atoms with van der Waals surface area (Å²) < 4.78 is 37.9. The van der Waals surface area contributed by atoms with Gasteiger partial charge in [-0.1, -0.05) is 24.3 Å². The molecule has 36 heavy (non-hydrogen) atoms. The zero-order chi connectivity index (χ0) is 26.1. The molecule has 3 aromatic rings. The van der Waals surface area contributed by atoms with E-state index in [1.54, 1.807) is 26.0 Å². The first-order chi connectivity index (χ1) is 17.2. The number of para-hydroxylation sites is 1. The number of carbonyl (C=O) groups excluding carboxylic acids is 3. The van der Waals surface area contributed by atoms with Gasteiger partial charge in [-0.05, 0) is 56.3 Å². The summed E-state index contributed by atoms with van der Waals surface area (Å²) in [5.41, 5.74) is 0.00249. The Labute approximate surface area is 208 Å². The summed E-state index contributed by atoms with van der Waals surface area (Å²) in [5, 5.41) is 2.65. The van der Waals surface area contributed by atoms with Gasteiger partial charge < -0.3 is 14.8 Å². The molecule has 1 heterocycles. The van der Waals surface area contributed by atoms with E-state index in [-0.39, 0.29) is 41.0 Å². The third kappa shape index (κ3) is 7.37. The molecule has 0 radical (unpaired) electrons. The van der Waals surface area contributed by atoms with Crippen LogP contribution in [-0.4, -0.2) is 50.4 Å². The molecule has 0 bridgehead atoms. The van der Waals surface area contributed by atoms with Crippen molar-refractivity contribution in [3.63, 3.8) is 0 Å². The molecule has 2 aromatic carbocycles. The molecule has 3 rings (SSSR count). The van der Waals surface area contributed by atoms with Crippen LogP contribution in [-0.2, 0) is 14.8 Å². The topological polar surface area (TPSA) is 141 Å². The van der Waals surface area contributed by atoms with E-state index in [2.05, 4.69) is 10.3 Å². The number of nitrogens with one attached hydrogen (secondary N) is 2. The van der Waals surface area contributed by atoms with Crippen LogP contribution in [0.5, 0.6) is 5.75 Å². The number of carbonyl (C=O) groups is 3. The molecule has 0 saturated carbocycles. The van der Waals surface area contributed by atoms with Gasteiger partial charge in [-0.15, -0.1) is 0 Å². The van der Waals surface area contributed by atoms with E-state index in [9.17, 15) is 22.8 Å². The first kappa shape index (κ1) is 26.4. The summed E-state index contributed by atoms with van der Waals surface area (Å²) >= 11 is 0. The second-order valence-electron chi connectivity index (χ2n) is 7.77. The summed E-state index contributed by atoms with van der Waals surface area (Å²) in [4.78, 5) is 40.4. The zero-order valence-electron chi connectivity index (χ0n) is 19.6. The van der Waals surface area contributed by atoms with Crippen molar-refractivity contribution in [1.82, 2.24) is 15.0 Å². The van der Waals surface area contributed by atoms with Crippen LogP contribution in [0.1, 0.15) is 45.1 Å². The van der Waals surface area contributed by atoms with Gasteiger partial charge in [0.1, 0.15) is 18.1 Å². The fourth-order valence-electron chi connectivity index (χ4n) is 2.92. The van der Waals surface area contributed by atoms with E-state index in [4.69, 9.17) is 9.47 Å². The molecule has 11 heteroatoms. The summed E-state index contributed by atoms with van der Waals surface area (Å²) in [6.45, 7) is 3.80. The number of benzene rings is 2. The summed E-state index contributed by atoms with van der Waals surface area (Å²) in [7, 11) is -4.29. The Bertz CT molecular complexity index is 1330. The van der Waals surface area contributed by atoms with Crippen molar-refractivity contribution in [2.75, 3.05) is 13.2 Å². The number of esters is 1. The predicted octanol–water partition coefficient (Wildman–Crippen LogP) is 2.57. The lowest BCUT2D eigenvalue weighted by atomic mass is 10.2. The lowest BCUT2D eigenvalue weighted by Gasteiger charge is -2.10. The van der Waals surface area contributed by atoms with Crippen molar-refractivity contribution in [2.24, 2.45) is 0 Å². The first-order valence-electron chi connectivity index (χ1n) is 11.0.